The molecule has 0 saturated heterocycles. The normalized spacial score (nSPS) is 10.0. The van der Waals surface area contributed by atoms with Crippen LogP contribution in [-0.4, -0.2) is 54.9 Å². The van der Waals surface area contributed by atoms with Crippen molar-refractivity contribution in [3.8, 4) is 11.4 Å². The maximum absolute atomic E-state index is 12.1. The second kappa shape index (κ2) is 8.48. The number of benzene rings is 1. The Morgan fingerprint density at radius 3 is 2.52 bits per heavy atom. The van der Waals surface area contributed by atoms with E-state index >= 15 is 0 Å². The van der Waals surface area contributed by atoms with Gasteiger partial charge in [0.1, 0.15) is 0 Å². The highest BCUT2D eigenvalue weighted by atomic mass is 16.5. The summed E-state index contributed by atoms with van der Waals surface area (Å²) in [7, 11) is 2.85. The van der Waals surface area contributed by atoms with Crippen LogP contribution in [0.4, 0.5) is 0 Å². The van der Waals surface area contributed by atoms with Gasteiger partial charge in [0.05, 0.1) is 25.5 Å². The van der Waals surface area contributed by atoms with E-state index in [0.29, 0.717) is 0 Å². The van der Waals surface area contributed by atoms with Crippen LogP contribution >= 0.6 is 0 Å². The first-order chi connectivity index (χ1) is 12.0. The van der Waals surface area contributed by atoms with Crippen molar-refractivity contribution >= 4 is 17.8 Å². The Kier molecular flexibility index (Phi) is 6.10. The van der Waals surface area contributed by atoms with Gasteiger partial charge in [0.15, 0.2) is 12.4 Å². The molecule has 1 heterocycles. The summed E-state index contributed by atoms with van der Waals surface area (Å²) in [4.78, 5) is 34.7. The average molecular weight is 346 g/mol. The van der Waals surface area contributed by atoms with E-state index in [1.54, 1.807) is 0 Å². The molecule has 0 bridgehead atoms. The molecule has 0 unspecified atom stereocenters. The van der Waals surface area contributed by atoms with E-state index in [1.165, 1.54) is 25.0 Å². The molecule has 132 valence electrons. The van der Waals surface area contributed by atoms with Crippen molar-refractivity contribution in [3.05, 3.63) is 42.2 Å². The lowest BCUT2D eigenvalue weighted by Crippen LogP contribution is -2.37. The predicted molar refractivity (Wildman–Crippen MR) is 87.5 cm³/mol. The smallest absolute Gasteiger partial charge is 0.363 e. The molecule has 2 N–H and O–H groups in total. The number of amides is 2. The standard InChI is InChI=1S/C16H18N4O5/c1-17-13(21)8-18-14(22)10-25-16(23)15-12(24-2)9-20(19-15)11-6-4-3-5-7-11/h3-7,9H,8,10H2,1-2H3,(H,17,21)(H,18,22). The summed E-state index contributed by atoms with van der Waals surface area (Å²) in [5.74, 6) is -1.54. The molecule has 0 aliphatic carbocycles. The van der Waals surface area contributed by atoms with Crippen LogP contribution in [0.25, 0.3) is 5.69 Å². The van der Waals surface area contributed by atoms with Crippen LogP contribution in [0.15, 0.2) is 36.5 Å². The van der Waals surface area contributed by atoms with E-state index in [9.17, 15) is 14.4 Å². The Hall–Kier alpha value is -3.36. The summed E-state index contributed by atoms with van der Waals surface area (Å²) >= 11 is 0. The molecule has 1 aromatic carbocycles. The zero-order chi connectivity index (χ0) is 18.2. The summed E-state index contributed by atoms with van der Waals surface area (Å²) in [6.45, 7) is -0.726. The lowest BCUT2D eigenvalue weighted by molar-refractivity contribution is -0.127. The minimum atomic E-state index is -0.804. The molecule has 1 aromatic heterocycles. The first kappa shape index (κ1) is 18.0. The van der Waals surface area contributed by atoms with Crippen molar-refractivity contribution in [1.82, 2.24) is 20.4 Å². The van der Waals surface area contributed by atoms with Gasteiger partial charge in [-0.25, -0.2) is 9.48 Å². The monoisotopic (exact) mass is 346 g/mol. The van der Waals surface area contributed by atoms with E-state index in [4.69, 9.17) is 9.47 Å². The van der Waals surface area contributed by atoms with Crippen LogP contribution < -0.4 is 15.4 Å². The number of para-hydroxylation sites is 1. The molecule has 0 atom stereocenters. The van der Waals surface area contributed by atoms with Crippen molar-refractivity contribution in [2.24, 2.45) is 0 Å². The number of aromatic nitrogens is 2. The third-order valence-corrected chi connectivity index (χ3v) is 3.17. The van der Waals surface area contributed by atoms with E-state index in [2.05, 4.69) is 15.7 Å². The molecular weight excluding hydrogens is 328 g/mol. The lowest BCUT2D eigenvalue weighted by atomic mass is 10.3. The topological polar surface area (TPSA) is 112 Å². The van der Waals surface area contributed by atoms with Crippen LogP contribution in [0.5, 0.6) is 5.75 Å². The minimum Gasteiger partial charge on any atom is -0.493 e. The molecule has 9 nitrogen and oxygen atoms in total. The predicted octanol–water partition coefficient (Wildman–Crippen LogP) is -0.100. The third kappa shape index (κ3) is 4.80. The van der Waals surface area contributed by atoms with Crippen molar-refractivity contribution in [3.63, 3.8) is 0 Å². The van der Waals surface area contributed by atoms with Gasteiger partial charge in [-0.2, -0.15) is 5.10 Å². The van der Waals surface area contributed by atoms with Gasteiger partial charge in [-0.05, 0) is 12.1 Å². The Labute approximate surface area is 143 Å². The first-order valence-corrected chi connectivity index (χ1v) is 7.38. The van der Waals surface area contributed by atoms with E-state index in [1.807, 2.05) is 30.3 Å². The van der Waals surface area contributed by atoms with Gasteiger partial charge < -0.3 is 20.1 Å². The van der Waals surface area contributed by atoms with Gasteiger partial charge in [-0.1, -0.05) is 18.2 Å². The summed E-state index contributed by atoms with van der Waals surface area (Å²) in [6.07, 6.45) is 1.54. The van der Waals surface area contributed by atoms with Crippen LogP contribution in [-0.2, 0) is 14.3 Å². The summed E-state index contributed by atoms with van der Waals surface area (Å²) < 4.78 is 11.5. The Morgan fingerprint density at radius 1 is 1.16 bits per heavy atom. The lowest BCUT2D eigenvalue weighted by Gasteiger charge is -2.05. The third-order valence-electron chi connectivity index (χ3n) is 3.17. The molecular formula is C16H18N4O5. The number of rotatable bonds is 7. The number of nitrogens with one attached hydrogen (secondary N) is 2. The second-order valence-corrected chi connectivity index (χ2v) is 4.85. The Morgan fingerprint density at radius 2 is 1.88 bits per heavy atom. The fourth-order valence-electron chi connectivity index (χ4n) is 1.88. The number of hydrogen-bond acceptors (Lipinski definition) is 6. The van der Waals surface area contributed by atoms with Crippen LogP contribution in [0.1, 0.15) is 10.5 Å². The van der Waals surface area contributed by atoms with Gasteiger partial charge in [0, 0.05) is 7.05 Å². The van der Waals surface area contributed by atoms with Crippen molar-refractivity contribution in [1.29, 1.82) is 0 Å². The largest absolute Gasteiger partial charge is 0.493 e. The van der Waals surface area contributed by atoms with Gasteiger partial charge in [-0.15, -0.1) is 0 Å². The zero-order valence-electron chi connectivity index (χ0n) is 13.8. The van der Waals surface area contributed by atoms with Crippen LogP contribution in [0, 0.1) is 0 Å². The number of hydrogen-bond donors (Lipinski definition) is 2. The maximum Gasteiger partial charge on any atom is 0.363 e. The van der Waals surface area contributed by atoms with Gasteiger partial charge in [0.2, 0.25) is 11.6 Å². The van der Waals surface area contributed by atoms with E-state index in [-0.39, 0.29) is 23.9 Å². The first-order valence-electron chi connectivity index (χ1n) is 7.38. The molecule has 0 fully saturated rings. The number of nitrogens with zero attached hydrogens (tertiary/aromatic N) is 2. The Bertz CT molecular complexity index is 757. The highest BCUT2D eigenvalue weighted by molar-refractivity contribution is 5.92. The number of likely N-dealkylation sites (N-methyl/N-ethyl adjacent to an activating group) is 1. The van der Waals surface area contributed by atoms with Gasteiger partial charge in [-0.3, -0.25) is 9.59 Å². The van der Waals surface area contributed by atoms with Crippen LogP contribution in [0.3, 0.4) is 0 Å². The minimum absolute atomic E-state index is 0.0505. The molecule has 0 radical (unpaired) electrons. The molecule has 0 spiro atoms. The van der Waals surface area contributed by atoms with Gasteiger partial charge in [0.25, 0.3) is 5.91 Å². The van der Waals surface area contributed by atoms with E-state index in [0.717, 1.165) is 5.69 Å². The quantitative estimate of drug-likeness (QED) is 0.677. The van der Waals surface area contributed by atoms with Gasteiger partial charge >= 0.3 is 5.97 Å². The molecule has 0 aliphatic heterocycles. The van der Waals surface area contributed by atoms with Crippen LogP contribution in [0.2, 0.25) is 0 Å². The number of esters is 1. The molecule has 25 heavy (non-hydrogen) atoms. The van der Waals surface area contributed by atoms with Crippen molar-refractivity contribution in [2.45, 2.75) is 0 Å². The number of carbonyl (C=O) groups is 3. The highest BCUT2D eigenvalue weighted by Crippen LogP contribution is 2.20. The van der Waals surface area contributed by atoms with E-state index < -0.39 is 18.5 Å². The van der Waals surface area contributed by atoms with Crippen molar-refractivity contribution in [2.75, 3.05) is 27.3 Å². The number of methoxy groups -OCH3 is 1. The SMILES string of the molecule is CNC(=O)CNC(=O)COC(=O)c1nn(-c2ccccc2)cc1OC. The Balaban J connectivity index is 2.00. The number of ether oxygens (including phenoxy) is 2. The molecule has 2 aromatic rings. The molecule has 0 saturated carbocycles. The summed E-state index contributed by atoms with van der Waals surface area (Å²) in [5, 5.41) is 8.81. The highest BCUT2D eigenvalue weighted by Gasteiger charge is 2.21. The molecule has 9 heteroatoms. The zero-order valence-corrected chi connectivity index (χ0v) is 13.8. The molecule has 2 rings (SSSR count). The molecule has 2 amide bonds. The van der Waals surface area contributed by atoms with Crippen molar-refractivity contribution < 1.29 is 23.9 Å². The fraction of sp³-hybridized carbons (Fsp3) is 0.250. The second-order valence-electron chi connectivity index (χ2n) is 4.85. The summed E-state index contributed by atoms with van der Waals surface area (Å²) in [6, 6.07) is 9.15. The average Bonchev–Trinajstić information content (AvgIpc) is 3.09. The number of carbonyl (C=O) groups excluding carboxylic acids is 3. The summed E-state index contributed by atoms with van der Waals surface area (Å²) in [5.41, 5.74) is 0.689. The maximum atomic E-state index is 12.1. The molecule has 0 aliphatic rings. The fourth-order valence-corrected chi connectivity index (χ4v) is 1.88.